The van der Waals surface area contributed by atoms with Crippen LogP contribution in [0.2, 0.25) is 0 Å². The quantitative estimate of drug-likeness (QED) is 0.452. The average Bonchev–Trinajstić information content (AvgIpc) is 2.89. The highest BCUT2D eigenvalue weighted by molar-refractivity contribution is 5.95. The Morgan fingerprint density at radius 1 is 1.06 bits per heavy atom. The van der Waals surface area contributed by atoms with Crippen molar-refractivity contribution < 1.29 is 28.5 Å². The maximum Gasteiger partial charge on any atom is 0.253 e. The van der Waals surface area contributed by atoms with Gasteiger partial charge in [0.25, 0.3) is 5.91 Å². The van der Waals surface area contributed by atoms with E-state index in [0.29, 0.717) is 43.4 Å². The molecule has 0 aromatic heterocycles. The van der Waals surface area contributed by atoms with Crippen LogP contribution in [0.1, 0.15) is 61.6 Å². The Morgan fingerprint density at radius 3 is 2.47 bits per heavy atom. The molecule has 0 radical (unpaired) electrons. The third-order valence-electron chi connectivity index (χ3n) is 7.02. The Morgan fingerprint density at radius 2 is 1.81 bits per heavy atom. The van der Waals surface area contributed by atoms with Crippen LogP contribution >= 0.6 is 0 Å². The second kappa shape index (κ2) is 12.1. The number of likely N-dealkylation sites (tertiary alicyclic amines) is 1. The molecule has 2 fully saturated rings. The molecule has 2 atom stereocenters. The number of carbonyl (C=O) groups is 1. The molecule has 196 valence electrons. The first-order valence-corrected chi connectivity index (χ1v) is 12.9. The molecule has 0 N–H and O–H groups in total. The molecule has 2 saturated heterocycles. The summed E-state index contributed by atoms with van der Waals surface area (Å²) in [5.41, 5.74) is 1.47. The van der Waals surface area contributed by atoms with Crippen molar-refractivity contribution in [3.05, 3.63) is 59.7 Å². The third-order valence-corrected chi connectivity index (χ3v) is 7.02. The molecule has 2 aromatic rings. The SMILES string of the molecule is COCCOC1CC(c2ccccc2)OC2(CCN(C(=O)c3ccc(OC(C)C)c(OC)c3)CC2)C1. The smallest absolute Gasteiger partial charge is 0.253 e. The largest absolute Gasteiger partial charge is 0.493 e. The minimum Gasteiger partial charge on any atom is -0.493 e. The third kappa shape index (κ3) is 6.38. The Kier molecular flexibility index (Phi) is 8.88. The van der Waals surface area contributed by atoms with Gasteiger partial charge in [0.1, 0.15) is 0 Å². The minimum atomic E-state index is -0.306. The fourth-order valence-corrected chi connectivity index (χ4v) is 5.21. The number of benzene rings is 2. The van der Waals surface area contributed by atoms with Gasteiger partial charge in [-0.15, -0.1) is 0 Å². The molecule has 2 aromatic carbocycles. The summed E-state index contributed by atoms with van der Waals surface area (Å²) < 4.78 is 29.4. The summed E-state index contributed by atoms with van der Waals surface area (Å²) in [5.74, 6) is 1.21. The van der Waals surface area contributed by atoms with E-state index in [1.54, 1.807) is 20.3 Å². The van der Waals surface area contributed by atoms with Crippen molar-refractivity contribution in [3.8, 4) is 11.5 Å². The van der Waals surface area contributed by atoms with Crippen LogP contribution in [0.5, 0.6) is 11.5 Å². The van der Waals surface area contributed by atoms with Gasteiger partial charge in [0.05, 0.1) is 44.2 Å². The van der Waals surface area contributed by atoms with Crippen molar-refractivity contribution in [1.29, 1.82) is 0 Å². The van der Waals surface area contributed by atoms with Gasteiger partial charge in [-0.3, -0.25) is 4.79 Å². The van der Waals surface area contributed by atoms with Crippen LogP contribution in [0.4, 0.5) is 0 Å². The summed E-state index contributed by atoms with van der Waals surface area (Å²) in [5, 5.41) is 0. The Hall–Kier alpha value is -2.61. The summed E-state index contributed by atoms with van der Waals surface area (Å²) in [4.78, 5) is 15.3. The topological polar surface area (TPSA) is 66.5 Å². The van der Waals surface area contributed by atoms with Crippen molar-refractivity contribution in [1.82, 2.24) is 4.90 Å². The number of hydrogen-bond donors (Lipinski definition) is 0. The van der Waals surface area contributed by atoms with Gasteiger partial charge < -0.3 is 28.6 Å². The number of hydrogen-bond acceptors (Lipinski definition) is 6. The highest BCUT2D eigenvalue weighted by atomic mass is 16.5. The lowest BCUT2D eigenvalue weighted by atomic mass is 9.80. The molecule has 2 unspecified atom stereocenters. The van der Waals surface area contributed by atoms with E-state index in [1.807, 2.05) is 49.1 Å². The number of nitrogens with zero attached hydrogens (tertiary/aromatic N) is 1. The van der Waals surface area contributed by atoms with E-state index in [4.69, 9.17) is 23.7 Å². The van der Waals surface area contributed by atoms with Crippen LogP contribution in [0, 0.1) is 0 Å². The Balaban J connectivity index is 1.44. The number of rotatable bonds is 9. The molecule has 0 aliphatic carbocycles. The summed E-state index contributed by atoms with van der Waals surface area (Å²) in [6, 6.07) is 15.8. The maximum atomic E-state index is 13.3. The van der Waals surface area contributed by atoms with Gasteiger partial charge in [-0.25, -0.2) is 0 Å². The number of carbonyl (C=O) groups excluding carboxylic acids is 1. The molecule has 7 heteroatoms. The second-order valence-electron chi connectivity index (χ2n) is 9.95. The first-order chi connectivity index (χ1) is 17.4. The molecule has 2 aliphatic rings. The van der Waals surface area contributed by atoms with Gasteiger partial charge in [0, 0.05) is 38.6 Å². The van der Waals surface area contributed by atoms with E-state index in [2.05, 4.69) is 12.1 Å². The van der Waals surface area contributed by atoms with Crippen LogP contribution in [-0.2, 0) is 14.2 Å². The van der Waals surface area contributed by atoms with Crippen LogP contribution < -0.4 is 9.47 Å². The molecule has 1 amide bonds. The number of ether oxygens (including phenoxy) is 5. The number of piperidine rings is 1. The van der Waals surface area contributed by atoms with Crippen molar-refractivity contribution in [2.45, 2.75) is 63.4 Å². The van der Waals surface area contributed by atoms with E-state index in [0.717, 1.165) is 25.7 Å². The molecule has 1 spiro atoms. The molecule has 0 bridgehead atoms. The maximum absolute atomic E-state index is 13.3. The molecular weight excluding hydrogens is 458 g/mol. The van der Waals surface area contributed by atoms with Crippen LogP contribution in [0.15, 0.2) is 48.5 Å². The standard InChI is InChI=1S/C29H39NO6/c1-21(2)35-25-11-10-23(18-27(25)33-4)28(31)30-14-12-29(13-15-30)20-24(34-17-16-32-3)19-26(36-29)22-8-6-5-7-9-22/h5-11,18,21,24,26H,12-17,19-20H2,1-4H3. The van der Waals surface area contributed by atoms with Crippen LogP contribution in [-0.4, -0.2) is 69.1 Å². The fraction of sp³-hybridized carbons (Fsp3) is 0.552. The Labute approximate surface area is 214 Å². The van der Waals surface area contributed by atoms with Crippen molar-refractivity contribution in [3.63, 3.8) is 0 Å². The van der Waals surface area contributed by atoms with E-state index in [9.17, 15) is 4.79 Å². The molecule has 2 aliphatic heterocycles. The predicted octanol–water partition coefficient (Wildman–Crippen LogP) is 5.04. The van der Waals surface area contributed by atoms with Crippen molar-refractivity contribution in [2.24, 2.45) is 0 Å². The van der Waals surface area contributed by atoms with Gasteiger partial charge in [-0.1, -0.05) is 30.3 Å². The van der Waals surface area contributed by atoms with E-state index < -0.39 is 0 Å². The molecular formula is C29H39NO6. The molecule has 0 saturated carbocycles. The number of amides is 1. The van der Waals surface area contributed by atoms with Gasteiger partial charge in [0.15, 0.2) is 11.5 Å². The van der Waals surface area contributed by atoms with Gasteiger partial charge >= 0.3 is 0 Å². The van der Waals surface area contributed by atoms with E-state index in [-0.39, 0.29) is 29.8 Å². The first-order valence-electron chi connectivity index (χ1n) is 12.9. The summed E-state index contributed by atoms with van der Waals surface area (Å²) in [6.07, 6.45) is 3.30. The second-order valence-corrected chi connectivity index (χ2v) is 9.95. The van der Waals surface area contributed by atoms with Gasteiger partial charge in [-0.2, -0.15) is 0 Å². The molecule has 4 rings (SSSR count). The van der Waals surface area contributed by atoms with Gasteiger partial charge in [-0.05, 0) is 50.5 Å². The lowest BCUT2D eigenvalue weighted by molar-refractivity contribution is -0.192. The fourth-order valence-electron chi connectivity index (χ4n) is 5.21. The summed E-state index contributed by atoms with van der Waals surface area (Å²) in [7, 11) is 3.28. The van der Waals surface area contributed by atoms with Crippen LogP contribution in [0.3, 0.4) is 0 Å². The van der Waals surface area contributed by atoms with Gasteiger partial charge in [0.2, 0.25) is 0 Å². The van der Waals surface area contributed by atoms with Crippen LogP contribution in [0.25, 0.3) is 0 Å². The number of methoxy groups -OCH3 is 2. The molecule has 7 nitrogen and oxygen atoms in total. The lowest BCUT2D eigenvalue weighted by Crippen LogP contribution is -2.52. The Bertz CT molecular complexity index is 987. The van der Waals surface area contributed by atoms with Crippen molar-refractivity contribution in [2.75, 3.05) is 40.5 Å². The summed E-state index contributed by atoms with van der Waals surface area (Å²) >= 11 is 0. The zero-order chi connectivity index (χ0) is 25.5. The van der Waals surface area contributed by atoms with E-state index in [1.165, 1.54) is 5.56 Å². The average molecular weight is 498 g/mol. The monoisotopic (exact) mass is 497 g/mol. The zero-order valence-corrected chi connectivity index (χ0v) is 21.9. The lowest BCUT2D eigenvalue weighted by Gasteiger charge is -2.49. The first kappa shape index (κ1) is 26.5. The molecule has 36 heavy (non-hydrogen) atoms. The molecule has 2 heterocycles. The predicted molar refractivity (Wildman–Crippen MR) is 138 cm³/mol. The highest BCUT2D eigenvalue weighted by Gasteiger charge is 2.45. The summed E-state index contributed by atoms with van der Waals surface area (Å²) in [6.45, 7) is 6.35. The minimum absolute atomic E-state index is 0.00237. The normalized spacial score (nSPS) is 21.5. The highest BCUT2D eigenvalue weighted by Crippen LogP contribution is 2.44. The van der Waals surface area contributed by atoms with E-state index >= 15 is 0 Å². The zero-order valence-electron chi connectivity index (χ0n) is 21.9. The van der Waals surface area contributed by atoms with Crippen molar-refractivity contribution >= 4 is 5.91 Å².